The van der Waals surface area contributed by atoms with E-state index in [0.717, 1.165) is 22.4 Å². The highest BCUT2D eigenvalue weighted by molar-refractivity contribution is 9.10. The zero-order valence-electron chi connectivity index (χ0n) is 8.07. The van der Waals surface area contributed by atoms with Gasteiger partial charge in [-0.25, -0.2) is 0 Å². The molecule has 5 heteroatoms. The third kappa shape index (κ3) is 2.95. The highest BCUT2D eigenvalue weighted by atomic mass is 79.9. The number of rotatable bonds is 2. The van der Waals surface area contributed by atoms with Crippen LogP contribution in [0.1, 0.15) is 16.8 Å². The van der Waals surface area contributed by atoms with E-state index in [1.807, 2.05) is 11.8 Å². The van der Waals surface area contributed by atoms with Gasteiger partial charge in [0.05, 0.1) is 5.56 Å². The summed E-state index contributed by atoms with van der Waals surface area (Å²) in [6.07, 6.45) is 4.32. The first kappa shape index (κ1) is 11.0. The number of hydrogen-bond donors (Lipinski definition) is 1. The van der Waals surface area contributed by atoms with Crippen LogP contribution < -0.4 is 5.32 Å². The van der Waals surface area contributed by atoms with Crippen molar-refractivity contribution in [2.45, 2.75) is 12.5 Å². The van der Waals surface area contributed by atoms with Crippen LogP contribution >= 0.6 is 27.7 Å². The molecule has 3 nitrogen and oxygen atoms in total. The Labute approximate surface area is 101 Å². The lowest BCUT2D eigenvalue weighted by atomic mass is 10.2. The number of carbonyl (C=O) groups is 1. The summed E-state index contributed by atoms with van der Waals surface area (Å²) in [7, 11) is 0. The standard InChI is InChI=1S/C10H11BrN2OS/c11-8-3-7(4-12-5-8)10(14)13-9-1-2-15-6-9/h3-5,9H,1-2,6H2,(H,13,14). The maximum Gasteiger partial charge on any atom is 0.253 e. The van der Waals surface area contributed by atoms with Gasteiger partial charge in [0.25, 0.3) is 5.91 Å². The molecule has 1 aliphatic heterocycles. The molecule has 1 aromatic rings. The average molecular weight is 287 g/mol. The molecule has 2 rings (SSSR count). The Morgan fingerprint density at radius 1 is 1.60 bits per heavy atom. The first-order valence-corrected chi connectivity index (χ1v) is 6.69. The van der Waals surface area contributed by atoms with Gasteiger partial charge in [-0.2, -0.15) is 11.8 Å². The number of nitrogens with zero attached hydrogens (tertiary/aromatic N) is 1. The van der Waals surface area contributed by atoms with Crippen molar-refractivity contribution in [3.8, 4) is 0 Å². The van der Waals surface area contributed by atoms with Crippen LogP contribution in [0.4, 0.5) is 0 Å². The van der Waals surface area contributed by atoms with E-state index in [0.29, 0.717) is 11.6 Å². The lowest BCUT2D eigenvalue weighted by Gasteiger charge is -2.10. The maximum atomic E-state index is 11.8. The van der Waals surface area contributed by atoms with Crippen LogP contribution in [0.15, 0.2) is 22.9 Å². The molecule has 1 unspecified atom stereocenters. The summed E-state index contributed by atoms with van der Waals surface area (Å²) >= 11 is 5.18. The number of amides is 1. The van der Waals surface area contributed by atoms with Crippen LogP contribution in [-0.2, 0) is 0 Å². The Bertz CT molecular complexity index is 366. The monoisotopic (exact) mass is 286 g/mol. The van der Waals surface area contributed by atoms with Crippen molar-refractivity contribution in [2.75, 3.05) is 11.5 Å². The average Bonchev–Trinajstić information content (AvgIpc) is 2.70. The number of hydrogen-bond acceptors (Lipinski definition) is 3. The van der Waals surface area contributed by atoms with Gasteiger partial charge in [0.2, 0.25) is 0 Å². The van der Waals surface area contributed by atoms with Crippen LogP contribution in [0.2, 0.25) is 0 Å². The lowest BCUT2D eigenvalue weighted by Crippen LogP contribution is -2.34. The number of aromatic nitrogens is 1. The first-order chi connectivity index (χ1) is 7.25. The predicted octanol–water partition coefficient (Wildman–Crippen LogP) is 2.08. The fraction of sp³-hybridized carbons (Fsp3) is 0.400. The van der Waals surface area contributed by atoms with Crippen LogP contribution in [-0.4, -0.2) is 28.4 Å². The quantitative estimate of drug-likeness (QED) is 0.905. The van der Waals surface area contributed by atoms with Gasteiger partial charge in [-0.1, -0.05) is 0 Å². The number of halogens is 1. The minimum absolute atomic E-state index is 0.0312. The Hall–Kier alpha value is -0.550. The van der Waals surface area contributed by atoms with E-state index in [9.17, 15) is 4.79 Å². The smallest absolute Gasteiger partial charge is 0.253 e. The van der Waals surface area contributed by atoms with E-state index in [1.54, 1.807) is 18.5 Å². The zero-order chi connectivity index (χ0) is 10.7. The summed E-state index contributed by atoms with van der Waals surface area (Å²) < 4.78 is 0.830. The van der Waals surface area contributed by atoms with Crippen molar-refractivity contribution in [2.24, 2.45) is 0 Å². The van der Waals surface area contributed by atoms with Gasteiger partial charge in [0, 0.05) is 28.7 Å². The molecule has 80 valence electrons. The molecule has 0 radical (unpaired) electrons. The van der Waals surface area contributed by atoms with E-state index in [4.69, 9.17) is 0 Å². The summed E-state index contributed by atoms with van der Waals surface area (Å²) in [5, 5.41) is 3.00. The molecule has 1 fully saturated rings. The van der Waals surface area contributed by atoms with Gasteiger partial charge >= 0.3 is 0 Å². The summed E-state index contributed by atoms with van der Waals surface area (Å²) in [5.41, 5.74) is 0.612. The summed E-state index contributed by atoms with van der Waals surface area (Å²) in [6.45, 7) is 0. The normalized spacial score (nSPS) is 20.2. The van der Waals surface area contributed by atoms with Crippen molar-refractivity contribution < 1.29 is 4.79 Å². The molecule has 0 aromatic carbocycles. The number of thioether (sulfide) groups is 1. The van der Waals surface area contributed by atoms with Crippen LogP contribution in [0.25, 0.3) is 0 Å². The van der Waals surface area contributed by atoms with Crippen molar-refractivity contribution >= 4 is 33.6 Å². The van der Waals surface area contributed by atoms with Crippen molar-refractivity contribution in [1.82, 2.24) is 10.3 Å². The van der Waals surface area contributed by atoms with E-state index < -0.39 is 0 Å². The third-order valence-electron chi connectivity index (χ3n) is 2.23. The van der Waals surface area contributed by atoms with Crippen LogP contribution in [0.5, 0.6) is 0 Å². The summed E-state index contributed by atoms with van der Waals surface area (Å²) in [4.78, 5) is 15.7. The fourth-order valence-corrected chi connectivity index (χ4v) is 2.97. The molecule has 0 saturated carbocycles. The van der Waals surface area contributed by atoms with Crippen molar-refractivity contribution in [1.29, 1.82) is 0 Å². The molecule has 0 spiro atoms. The topological polar surface area (TPSA) is 42.0 Å². The second-order valence-electron chi connectivity index (χ2n) is 3.43. The molecule has 1 N–H and O–H groups in total. The minimum Gasteiger partial charge on any atom is -0.348 e. The summed E-state index contributed by atoms with van der Waals surface area (Å²) in [5.74, 6) is 2.13. The van der Waals surface area contributed by atoms with Crippen LogP contribution in [0.3, 0.4) is 0 Å². The molecule has 1 saturated heterocycles. The molecule has 1 aromatic heterocycles. The van der Waals surface area contributed by atoms with Crippen molar-refractivity contribution in [3.05, 3.63) is 28.5 Å². The van der Waals surface area contributed by atoms with Crippen molar-refractivity contribution in [3.63, 3.8) is 0 Å². The van der Waals surface area contributed by atoms with E-state index in [-0.39, 0.29) is 5.91 Å². The molecule has 0 bridgehead atoms. The molecule has 1 atom stereocenters. The second kappa shape index (κ2) is 4.99. The van der Waals surface area contributed by atoms with Gasteiger partial charge in [-0.15, -0.1) is 0 Å². The van der Waals surface area contributed by atoms with E-state index >= 15 is 0 Å². The second-order valence-corrected chi connectivity index (χ2v) is 5.49. The van der Waals surface area contributed by atoms with Gasteiger partial charge in [-0.05, 0) is 34.2 Å². The largest absolute Gasteiger partial charge is 0.348 e. The van der Waals surface area contributed by atoms with Gasteiger partial charge in [0.15, 0.2) is 0 Å². The van der Waals surface area contributed by atoms with E-state index in [1.165, 1.54) is 0 Å². The van der Waals surface area contributed by atoms with Gasteiger partial charge < -0.3 is 5.32 Å². The first-order valence-electron chi connectivity index (χ1n) is 4.75. The molecular formula is C10H11BrN2OS. The molecule has 1 aliphatic rings. The third-order valence-corrected chi connectivity index (χ3v) is 3.83. The molecule has 0 aliphatic carbocycles. The highest BCUT2D eigenvalue weighted by Gasteiger charge is 2.18. The van der Waals surface area contributed by atoms with Gasteiger partial charge in [0.1, 0.15) is 0 Å². The molecular weight excluding hydrogens is 276 g/mol. The lowest BCUT2D eigenvalue weighted by molar-refractivity contribution is 0.0940. The number of pyridine rings is 1. The molecule has 1 amide bonds. The summed E-state index contributed by atoms with van der Waals surface area (Å²) in [6, 6.07) is 2.10. The SMILES string of the molecule is O=C(NC1CCSC1)c1cncc(Br)c1. The highest BCUT2D eigenvalue weighted by Crippen LogP contribution is 2.17. The maximum absolute atomic E-state index is 11.8. The minimum atomic E-state index is -0.0312. The number of nitrogens with one attached hydrogen (secondary N) is 1. The van der Waals surface area contributed by atoms with E-state index in [2.05, 4.69) is 26.2 Å². The fourth-order valence-electron chi connectivity index (χ4n) is 1.45. The Morgan fingerprint density at radius 3 is 3.13 bits per heavy atom. The number of carbonyl (C=O) groups excluding carboxylic acids is 1. The molecule has 15 heavy (non-hydrogen) atoms. The Balaban J connectivity index is 2.01. The Morgan fingerprint density at radius 2 is 2.47 bits per heavy atom. The zero-order valence-corrected chi connectivity index (χ0v) is 10.5. The van der Waals surface area contributed by atoms with Crippen LogP contribution in [0, 0.1) is 0 Å². The Kier molecular flexibility index (Phi) is 3.64. The predicted molar refractivity (Wildman–Crippen MR) is 65.1 cm³/mol. The molecule has 2 heterocycles. The van der Waals surface area contributed by atoms with Gasteiger partial charge in [-0.3, -0.25) is 9.78 Å².